The van der Waals surface area contributed by atoms with Crippen LogP contribution in [-0.2, 0) is 0 Å². The fourth-order valence-electron chi connectivity index (χ4n) is 7.28. The normalized spacial score (nSPS) is 12.0. The maximum absolute atomic E-state index is 4.96. The van der Waals surface area contributed by atoms with E-state index < -0.39 is 0 Å². The van der Waals surface area contributed by atoms with Crippen LogP contribution in [0.2, 0.25) is 0 Å². The molecule has 0 unspecified atom stereocenters. The third-order valence-corrected chi connectivity index (χ3v) is 10.4. The SMILES string of the molecule is c1ccc(-n2c3ccccc3c3c4c5ccc(-c6nccc7c6sc6ccccc67)cc5n(-c5ccccc5)c4ccc32)cc1. The Morgan fingerprint density at radius 1 is 0.444 bits per heavy atom. The van der Waals surface area contributed by atoms with Crippen LogP contribution in [0.4, 0.5) is 0 Å². The van der Waals surface area contributed by atoms with E-state index in [0.717, 1.165) is 16.9 Å². The maximum atomic E-state index is 4.96. The molecule has 0 amide bonds. The summed E-state index contributed by atoms with van der Waals surface area (Å²) in [6, 6.07) is 52.5. The van der Waals surface area contributed by atoms with Crippen LogP contribution in [0.5, 0.6) is 0 Å². The second-order valence-corrected chi connectivity index (χ2v) is 12.6. The van der Waals surface area contributed by atoms with E-state index in [0.29, 0.717) is 0 Å². The van der Waals surface area contributed by atoms with Crippen molar-refractivity contribution in [3.8, 4) is 22.6 Å². The quantitative estimate of drug-likeness (QED) is 0.200. The van der Waals surface area contributed by atoms with E-state index in [4.69, 9.17) is 4.98 Å². The van der Waals surface area contributed by atoms with Gasteiger partial charge in [0.25, 0.3) is 0 Å². The van der Waals surface area contributed by atoms with Gasteiger partial charge in [0, 0.05) is 60.2 Å². The summed E-state index contributed by atoms with van der Waals surface area (Å²) in [6.07, 6.45) is 1.95. The third kappa shape index (κ3) is 3.48. The maximum Gasteiger partial charge on any atom is 0.0881 e. The Balaban J connectivity index is 1.34. The Kier molecular flexibility index (Phi) is 5.16. The summed E-state index contributed by atoms with van der Waals surface area (Å²) in [5.41, 5.74) is 9.27. The molecule has 4 heteroatoms. The summed E-state index contributed by atoms with van der Waals surface area (Å²) < 4.78 is 7.34. The minimum Gasteiger partial charge on any atom is -0.309 e. The molecule has 0 spiro atoms. The van der Waals surface area contributed by atoms with Gasteiger partial charge in [-0.15, -0.1) is 11.3 Å². The Labute approximate surface area is 262 Å². The molecule has 10 rings (SSSR count). The van der Waals surface area contributed by atoms with Crippen molar-refractivity contribution in [3.05, 3.63) is 152 Å². The minimum absolute atomic E-state index is 1.03. The second kappa shape index (κ2) is 9.39. The van der Waals surface area contributed by atoms with E-state index in [2.05, 4.69) is 155 Å². The van der Waals surface area contributed by atoms with Crippen molar-refractivity contribution in [2.24, 2.45) is 0 Å². The number of thiophene rings is 1. The molecule has 3 nitrogen and oxygen atoms in total. The highest BCUT2D eigenvalue weighted by molar-refractivity contribution is 7.26. The number of benzene rings is 6. The number of fused-ring (bicyclic) bond motifs is 10. The van der Waals surface area contributed by atoms with Gasteiger partial charge in [-0.2, -0.15) is 0 Å². The van der Waals surface area contributed by atoms with Gasteiger partial charge in [-0.05, 0) is 60.7 Å². The molecule has 0 N–H and O–H groups in total. The van der Waals surface area contributed by atoms with Crippen molar-refractivity contribution < 1.29 is 0 Å². The Hall–Kier alpha value is -5.71. The van der Waals surface area contributed by atoms with Gasteiger partial charge >= 0.3 is 0 Å². The topological polar surface area (TPSA) is 22.8 Å². The first-order valence-corrected chi connectivity index (χ1v) is 16.0. The Morgan fingerprint density at radius 3 is 1.78 bits per heavy atom. The molecule has 0 aliphatic heterocycles. The zero-order valence-corrected chi connectivity index (χ0v) is 25.0. The van der Waals surface area contributed by atoms with Crippen molar-refractivity contribution in [2.75, 3.05) is 0 Å². The molecule has 10 aromatic rings. The Bertz CT molecular complexity index is 2750. The summed E-state index contributed by atoms with van der Waals surface area (Å²) in [5, 5.41) is 7.61. The molecule has 6 aromatic carbocycles. The van der Waals surface area contributed by atoms with Gasteiger partial charge in [0.1, 0.15) is 0 Å². The summed E-state index contributed by atoms with van der Waals surface area (Å²) in [6.45, 7) is 0. The lowest BCUT2D eigenvalue weighted by atomic mass is 10.0. The van der Waals surface area contributed by atoms with Crippen LogP contribution in [0.15, 0.2) is 152 Å². The first-order valence-electron chi connectivity index (χ1n) is 15.2. The van der Waals surface area contributed by atoms with Crippen LogP contribution < -0.4 is 0 Å². The standard InChI is InChI=1S/C41H25N3S/c1-3-11-27(12-4-1)43-33-17-9-7-16-31(33)38-34(43)21-22-35-39(38)32-20-19-26(25-36(32)44(35)28-13-5-2-6-14-28)40-41-30(23-24-42-40)29-15-8-10-18-37(29)45-41/h1-25H. The second-order valence-electron chi connectivity index (χ2n) is 11.6. The van der Waals surface area contributed by atoms with Gasteiger partial charge in [-0.3, -0.25) is 4.98 Å². The monoisotopic (exact) mass is 591 g/mol. The van der Waals surface area contributed by atoms with Crippen LogP contribution in [0, 0.1) is 0 Å². The molecule has 0 atom stereocenters. The largest absolute Gasteiger partial charge is 0.309 e. The third-order valence-electron chi connectivity index (χ3n) is 9.16. The predicted molar refractivity (Wildman–Crippen MR) is 191 cm³/mol. The molecule has 0 aliphatic rings. The molecule has 0 saturated carbocycles. The highest BCUT2D eigenvalue weighted by Gasteiger charge is 2.21. The van der Waals surface area contributed by atoms with Gasteiger partial charge in [0.05, 0.1) is 32.5 Å². The summed E-state index contributed by atoms with van der Waals surface area (Å²) >= 11 is 1.83. The first kappa shape index (κ1) is 24.7. The Morgan fingerprint density at radius 2 is 1.04 bits per heavy atom. The molecular weight excluding hydrogens is 567 g/mol. The van der Waals surface area contributed by atoms with Crippen molar-refractivity contribution in [3.63, 3.8) is 0 Å². The van der Waals surface area contributed by atoms with E-state index in [1.807, 2.05) is 17.5 Å². The first-order chi connectivity index (χ1) is 22.3. The number of rotatable bonds is 3. The number of hydrogen-bond acceptors (Lipinski definition) is 2. The molecule has 4 aromatic heterocycles. The van der Waals surface area contributed by atoms with Gasteiger partial charge in [0.2, 0.25) is 0 Å². The van der Waals surface area contributed by atoms with Gasteiger partial charge < -0.3 is 9.13 Å². The smallest absolute Gasteiger partial charge is 0.0881 e. The fourth-order valence-corrected chi connectivity index (χ4v) is 8.49. The lowest BCUT2D eigenvalue weighted by Crippen LogP contribution is -1.94. The molecule has 0 bridgehead atoms. The minimum atomic E-state index is 1.03. The van der Waals surface area contributed by atoms with E-state index in [-0.39, 0.29) is 0 Å². The van der Waals surface area contributed by atoms with Crippen molar-refractivity contribution in [2.45, 2.75) is 0 Å². The number of para-hydroxylation sites is 3. The average molecular weight is 592 g/mol. The van der Waals surface area contributed by atoms with E-state index in [1.165, 1.54) is 69.5 Å². The number of aromatic nitrogens is 3. The molecule has 0 fully saturated rings. The predicted octanol–water partition coefficient (Wildman–Crippen LogP) is 11.3. The van der Waals surface area contributed by atoms with Crippen LogP contribution >= 0.6 is 11.3 Å². The van der Waals surface area contributed by atoms with Gasteiger partial charge in [-0.1, -0.05) is 84.9 Å². The molecule has 0 saturated heterocycles. The molecule has 0 aliphatic carbocycles. The van der Waals surface area contributed by atoms with Crippen molar-refractivity contribution in [1.82, 2.24) is 14.1 Å². The highest BCUT2D eigenvalue weighted by Crippen LogP contribution is 2.44. The van der Waals surface area contributed by atoms with E-state index in [9.17, 15) is 0 Å². The van der Waals surface area contributed by atoms with Gasteiger partial charge in [0.15, 0.2) is 0 Å². The number of nitrogens with zero attached hydrogens (tertiary/aromatic N) is 3. The van der Waals surface area contributed by atoms with Crippen LogP contribution in [0.3, 0.4) is 0 Å². The average Bonchev–Trinajstić information content (AvgIpc) is 3.76. The molecular formula is C41H25N3S. The van der Waals surface area contributed by atoms with Crippen molar-refractivity contribution >= 4 is 75.1 Å². The number of hydrogen-bond donors (Lipinski definition) is 0. The molecule has 210 valence electrons. The lowest BCUT2D eigenvalue weighted by Gasteiger charge is -2.09. The summed E-state index contributed by atoms with van der Waals surface area (Å²) in [5.74, 6) is 0. The zero-order valence-electron chi connectivity index (χ0n) is 24.2. The van der Waals surface area contributed by atoms with E-state index >= 15 is 0 Å². The highest BCUT2D eigenvalue weighted by atomic mass is 32.1. The summed E-state index contributed by atoms with van der Waals surface area (Å²) in [7, 11) is 0. The molecule has 4 heterocycles. The van der Waals surface area contributed by atoms with Crippen LogP contribution in [0.1, 0.15) is 0 Å². The van der Waals surface area contributed by atoms with Crippen LogP contribution in [-0.4, -0.2) is 14.1 Å². The summed E-state index contributed by atoms with van der Waals surface area (Å²) in [4.78, 5) is 4.96. The molecule has 45 heavy (non-hydrogen) atoms. The number of pyridine rings is 1. The van der Waals surface area contributed by atoms with E-state index in [1.54, 1.807) is 0 Å². The zero-order chi connectivity index (χ0) is 29.5. The van der Waals surface area contributed by atoms with Crippen molar-refractivity contribution in [1.29, 1.82) is 0 Å². The molecule has 0 radical (unpaired) electrons. The van der Waals surface area contributed by atoms with Gasteiger partial charge in [-0.25, -0.2) is 0 Å². The lowest BCUT2D eigenvalue weighted by molar-refractivity contribution is 1.17. The van der Waals surface area contributed by atoms with Crippen LogP contribution in [0.25, 0.3) is 86.4 Å². The fraction of sp³-hybridized carbons (Fsp3) is 0.